The van der Waals surface area contributed by atoms with Crippen LogP contribution in [0.3, 0.4) is 0 Å². The lowest BCUT2D eigenvalue weighted by Gasteiger charge is -2.09. The van der Waals surface area contributed by atoms with Gasteiger partial charge in [0, 0.05) is 11.8 Å². The average molecular weight is 267 g/mol. The van der Waals surface area contributed by atoms with Crippen LogP contribution < -0.4 is 4.74 Å². The molecule has 1 aromatic carbocycles. The molecule has 0 aliphatic heterocycles. The lowest BCUT2D eigenvalue weighted by Crippen LogP contribution is -2.05. The maximum Gasteiger partial charge on any atom is 0.418 e. The molecule has 0 N–H and O–H groups in total. The van der Waals surface area contributed by atoms with E-state index in [1.54, 1.807) is 0 Å². The van der Waals surface area contributed by atoms with E-state index in [2.05, 4.69) is 4.98 Å². The standard InChI is InChI=1S/C13H8F3NO2/c14-13(15,16)10-5-12(7-17-6-10)19-11-3-1-9(8-18)2-4-11/h1-8H. The van der Waals surface area contributed by atoms with Crippen molar-refractivity contribution < 1.29 is 22.7 Å². The maximum absolute atomic E-state index is 12.5. The molecular formula is C13H8F3NO2. The van der Waals surface area contributed by atoms with E-state index >= 15 is 0 Å². The number of rotatable bonds is 3. The molecule has 0 spiro atoms. The highest BCUT2D eigenvalue weighted by molar-refractivity contribution is 5.74. The van der Waals surface area contributed by atoms with Crippen molar-refractivity contribution in [3.8, 4) is 11.5 Å². The Kier molecular flexibility index (Phi) is 3.50. The first-order chi connectivity index (χ1) is 8.99. The third-order valence-corrected chi connectivity index (χ3v) is 2.29. The quantitative estimate of drug-likeness (QED) is 0.796. The van der Waals surface area contributed by atoms with Crippen LogP contribution in [0.15, 0.2) is 42.7 Å². The zero-order valence-corrected chi connectivity index (χ0v) is 9.52. The summed E-state index contributed by atoms with van der Waals surface area (Å²) in [6.07, 6.45) is -1.89. The Morgan fingerprint density at radius 3 is 2.32 bits per heavy atom. The predicted octanol–water partition coefficient (Wildman–Crippen LogP) is 3.71. The van der Waals surface area contributed by atoms with Crippen molar-refractivity contribution in [1.82, 2.24) is 4.98 Å². The molecule has 0 saturated carbocycles. The van der Waals surface area contributed by atoms with Gasteiger partial charge < -0.3 is 4.74 Å². The Balaban J connectivity index is 2.20. The molecule has 0 bridgehead atoms. The van der Waals surface area contributed by atoms with Crippen LogP contribution in [0.25, 0.3) is 0 Å². The fourth-order valence-corrected chi connectivity index (χ4v) is 1.38. The first kappa shape index (κ1) is 13.1. The summed E-state index contributed by atoms with van der Waals surface area (Å²) in [7, 11) is 0. The third-order valence-electron chi connectivity index (χ3n) is 2.29. The second-order valence-electron chi connectivity index (χ2n) is 3.70. The largest absolute Gasteiger partial charge is 0.456 e. The number of halogens is 3. The van der Waals surface area contributed by atoms with Gasteiger partial charge in [-0.05, 0) is 30.3 Å². The van der Waals surface area contributed by atoms with Crippen molar-refractivity contribution in [2.75, 3.05) is 0 Å². The highest BCUT2D eigenvalue weighted by Gasteiger charge is 2.31. The van der Waals surface area contributed by atoms with Gasteiger partial charge in [0.15, 0.2) is 0 Å². The van der Waals surface area contributed by atoms with Crippen LogP contribution in [0, 0.1) is 0 Å². The predicted molar refractivity (Wildman–Crippen MR) is 61.1 cm³/mol. The summed E-state index contributed by atoms with van der Waals surface area (Å²) in [6.45, 7) is 0. The topological polar surface area (TPSA) is 39.2 Å². The van der Waals surface area contributed by atoms with E-state index in [1.165, 1.54) is 30.5 Å². The Hall–Kier alpha value is -2.37. The fourth-order valence-electron chi connectivity index (χ4n) is 1.38. The second kappa shape index (κ2) is 5.09. The van der Waals surface area contributed by atoms with E-state index in [1.807, 2.05) is 0 Å². The number of ether oxygens (including phenoxy) is 1. The summed E-state index contributed by atoms with van der Waals surface area (Å²) in [4.78, 5) is 13.9. The molecule has 1 heterocycles. The Labute approximate surface area is 106 Å². The summed E-state index contributed by atoms with van der Waals surface area (Å²) >= 11 is 0. The number of alkyl halides is 3. The van der Waals surface area contributed by atoms with Crippen LogP contribution in [-0.4, -0.2) is 11.3 Å². The van der Waals surface area contributed by atoms with Crippen LogP contribution in [0.1, 0.15) is 15.9 Å². The molecule has 3 nitrogen and oxygen atoms in total. The molecule has 0 fully saturated rings. The molecule has 6 heteroatoms. The summed E-state index contributed by atoms with van der Waals surface area (Å²) < 4.78 is 42.6. The number of carbonyl (C=O) groups is 1. The van der Waals surface area contributed by atoms with Gasteiger partial charge in [-0.15, -0.1) is 0 Å². The van der Waals surface area contributed by atoms with Crippen molar-refractivity contribution in [2.45, 2.75) is 6.18 Å². The molecule has 0 atom stereocenters. The van der Waals surface area contributed by atoms with Crippen LogP contribution in [-0.2, 0) is 6.18 Å². The van der Waals surface area contributed by atoms with Gasteiger partial charge in [0.1, 0.15) is 17.8 Å². The number of benzene rings is 1. The Bertz CT molecular complexity index is 579. The summed E-state index contributed by atoms with van der Waals surface area (Å²) in [6, 6.07) is 6.85. The zero-order valence-electron chi connectivity index (χ0n) is 9.52. The molecule has 0 saturated heterocycles. The minimum atomic E-state index is -4.46. The van der Waals surface area contributed by atoms with E-state index in [4.69, 9.17) is 4.74 Å². The first-order valence-electron chi connectivity index (χ1n) is 5.24. The smallest absolute Gasteiger partial charge is 0.418 e. The van der Waals surface area contributed by atoms with Crippen LogP contribution in [0.4, 0.5) is 13.2 Å². The number of pyridine rings is 1. The number of hydrogen-bond acceptors (Lipinski definition) is 3. The minimum Gasteiger partial charge on any atom is -0.456 e. The van der Waals surface area contributed by atoms with Crippen molar-refractivity contribution in [3.05, 3.63) is 53.9 Å². The van der Waals surface area contributed by atoms with Crippen LogP contribution in [0.2, 0.25) is 0 Å². The van der Waals surface area contributed by atoms with Gasteiger partial charge in [0.2, 0.25) is 0 Å². The second-order valence-corrected chi connectivity index (χ2v) is 3.70. The lowest BCUT2D eigenvalue weighted by molar-refractivity contribution is -0.137. The lowest BCUT2D eigenvalue weighted by atomic mass is 10.2. The summed E-state index contributed by atoms with van der Waals surface area (Å²) in [5.41, 5.74) is -0.427. The van der Waals surface area contributed by atoms with E-state index in [9.17, 15) is 18.0 Å². The van der Waals surface area contributed by atoms with Gasteiger partial charge in [0.05, 0.1) is 11.8 Å². The number of carbonyl (C=O) groups excluding carboxylic acids is 1. The summed E-state index contributed by atoms with van der Waals surface area (Å²) in [5, 5.41) is 0. The number of hydrogen-bond donors (Lipinski definition) is 0. The first-order valence-corrected chi connectivity index (χ1v) is 5.24. The highest BCUT2D eigenvalue weighted by atomic mass is 19.4. The molecular weight excluding hydrogens is 259 g/mol. The number of aldehydes is 1. The van der Waals surface area contributed by atoms with E-state index < -0.39 is 11.7 Å². The van der Waals surface area contributed by atoms with Gasteiger partial charge in [-0.3, -0.25) is 9.78 Å². The molecule has 1 aromatic heterocycles. The highest BCUT2D eigenvalue weighted by Crippen LogP contribution is 2.31. The number of nitrogens with zero attached hydrogens (tertiary/aromatic N) is 1. The third kappa shape index (κ3) is 3.31. The molecule has 98 valence electrons. The SMILES string of the molecule is O=Cc1ccc(Oc2cncc(C(F)(F)F)c2)cc1. The number of aromatic nitrogens is 1. The molecule has 0 amide bonds. The Morgan fingerprint density at radius 1 is 1.05 bits per heavy atom. The normalized spacial score (nSPS) is 11.1. The van der Waals surface area contributed by atoms with E-state index in [0.29, 0.717) is 17.6 Å². The van der Waals surface area contributed by atoms with Gasteiger partial charge in [-0.2, -0.15) is 13.2 Å². The van der Waals surface area contributed by atoms with Crippen molar-refractivity contribution in [2.24, 2.45) is 0 Å². The van der Waals surface area contributed by atoms with Gasteiger partial charge in [0.25, 0.3) is 0 Å². The Morgan fingerprint density at radius 2 is 1.74 bits per heavy atom. The molecule has 2 rings (SSSR count). The van der Waals surface area contributed by atoms with Gasteiger partial charge in [-0.25, -0.2) is 0 Å². The average Bonchev–Trinajstić information content (AvgIpc) is 2.39. The minimum absolute atomic E-state index is 0.0197. The van der Waals surface area contributed by atoms with Crippen LogP contribution in [0.5, 0.6) is 11.5 Å². The van der Waals surface area contributed by atoms with Gasteiger partial charge in [-0.1, -0.05) is 0 Å². The van der Waals surface area contributed by atoms with E-state index in [0.717, 1.165) is 12.3 Å². The molecule has 19 heavy (non-hydrogen) atoms. The van der Waals surface area contributed by atoms with Crippen molar-refractivity contribution in [1.29, 1.82) is 0 Å². The monoisotopic (exact) mass is 267 g/mol. The van der Waals surface area contributed by atoms with Crippen molar-refractivity contribution in [3.63, 3.8) is 0 Å². The van der Waals surface area contributed by atoms with E-state index in [-0.39, 0.29) is 5.75 Å². The summed E-state index contributed by atoms with van der Waals surface area (Å²) in [5.74, 6) is 0.306. The van der Waals surface area contributed by atoms with Crippen LogP contribution >= 0.6 is 0 Å². The maximum atomic E-state index is 12.5. The molecule has 2 aromatic rings. The molecule has 0 radical (unpaired) electrons. The van der Waals surface area contributed by atoms with Gasteiger partial charge >= 0.3 is 6.18 Å². The molecule has 0 unspecified atom stereocenters. The zero-order chi connectivity index (χ0) is 13.9. The molecule has 0 aliphatic rings. The van der Waals surface area contributed by atoms with Crippen molar-refractivity contribution >= 4 is 6.29 Å². The molecule has 0 aliphatic carbocycles. The fraction of sp³-hybridized carbons (Fsp3) is 0.0769.